The van der Waals surface area contributed by atoms with E-state index in [0.717, 1.165) is 48.7 Å². The topological polar surface area (TPSA) is 59.2 Å². The van der Waals surface area contributed by atoms with Crippen LogP contribution in [0.15, 0.2) is 6.20 Å². The molecule has 0 bridgehead atoms. The molecule has 1 aliphatic heterocycles. The Balaban J connectivity index is 0.00000200. The minimum Gasteiger partial charge on any atom is -0.338 e. The number of aromatic nitrogens is 1. The molecule has 1 aromatic heterocycles. The molecule has 0 aromatic carbocycles. The quantitative estimate of drug-likeness (QED) is 0.904. The summed E-state index contributed by atoms with van der Waals surface area (Å²) in [6.45, 7) is 5.84. The van der Waals surface area contributed by atoms with Crippen molar-refractivity contribution in [1.29, 1.82) is 0 Å². The number of halogens is 2. The summed E-state index contributed by atoms with van der Waals surface area (Å²) in [5, 5.41) is 1.07. The van der Waals surface area contributed by atoms with Gasteiger partial charge in [-0.2, -0.15) is 0 Å². The first-order valence-corrected chi connectivity index (χ1v) is 7.93. The van der Waals surface area contributed by atoms with E-state index in [9.17, 15) is 4.79 Å². The van der Waals surface area contributed by atoms with Gasteiger partial charge in [0.05, 0.1) is 11.2 Å². The molecular weight excluding hydrogens is 329 g/mol. The molecule has 0 saturated carbocycles. The van der Waals surface area contributed by atoms with Crippen LogP contribution in [0.1, 0.15) is 47.8 Å². The number of nitrogens with two attached hydrogens (primary N) is 1. The molecule has 1 saturated heterocycles. The van der Waals surface area contributed by atoms with Gasteiger partial charge in [0.15, 0.2) is 0 Å². The van der Waals surface area contributed by atoms with Gasteiger partial charge in [0.25, 0.3) is 5.91 Å². The number of rotatable bonds is 4. The highest BCUT2D eigenvalue weighted by atomic mass is 35.5. The average Bonchev–Trinajstić information content (AvgIpc) is 2.87. The van der Waals surface area contributed by atoms with E-state index in [4.69, 9.17) is 5.73 Å². The van der Waals surface area contributed by atoms with Crippen molar-refractivity contribution in [2.75, 3.05) is 13.1 Å². The molecule has 7 heteroatoms. The summed E-state index contributed by atoms with van der Waals surface area (Å²) >= 11 is 1.54. The van der Waals surface area contributed by atoms with E-state index in [-0.39, 0.29) is 36.8 Å². The zero-order valence-corrected chi connectivity index (χ0v) is 15.0. The van der Waals surface area contributed by atoms with Crippen LogP contribution in [-0.2, 0) is 6.42 Å². The maximum Gasteiger partial charge on any atom is 0.265 e. The number of carbonyl (C=O) groups is 1. The summed E-state index contributed by atoms with van der Waals surface area (Å²) in [4.78, 5) is 19.4. The highest BCUT2D eigenvalue weighted by Crippen LogP contribution is 2.23. The Morgan fingerprint density at radius 1 is 1.48 bits per heavy atom. The Morgan fingerprint density at radius 2 is 2.10 bits per heavy atom. The summed E-state index contributed by atoms with van der Waals surface area (Å²) in [5.74, 6) is 0.698. The second-order valence-corrected chi connectivity index (χ2v) is 6.47. The number of carbonyl (C=O) groups excluding carboxylic acids is 1. The predicted molar refractivity (Wildman–Crippen MR) is 92.9 cm³/mol. The zero-order valence-electron chi connectivity index (χ0n) is 12.6. The minimum atomic E-state index is 0. The fourth-order valence-electron chi connectivity index (χ4n) is 2.52. The van der Waals surface area contributed by atoms with Crippen LogP contribution >= 0.6 is 36.2 Å². The van der Waals surface area contributed by atoms with Crippen molar-refractivity contribution in [1.82, 2.24) is 9.88 Å². The molecule has 4 nitrogen and oxygen atoms in total. The lowest BCUT2D eigenvalue weighted by atomic mass is 9.91. The van der Waals surface area contributed by atoms with Crippen molar-refractivity contribution in [3.8, 4) is 0 Å². The molecule has 1 aliphatic rings. The van der Waals surface area contributed by atoms with Crippen LogP contribution in [0.2, 0.25) is 0 Å². The normalized spacial score (nSPS) is 16.8. The number of aryl methyl sites for hydroxylation is 1. The third kappa shape index (κ3) is 5.40. The Kier molecular flexibility index (Phi) is 9.45. The maximum absolute atomic E-state index is 12.4. The summed E-state index contributed by atoms with van der Waals surface area (Å²) in [7, 11) is 0. The first-order chi connectivity index (χ1) is 9.11. The molecule has 1 aromatic rings. The number of hydrogen-bond donors (Lipinski definition) is 1. The van der Waals surface area contributed by atoms with Crippen LogP contribution in [0.3, 0.4) is 0 Å². The van der Waals surface area contributed by atoms with Gasteiger partial charge in [-0.25, -0.2) is 4.98 Å². The van der Waals surface area contributed by atoms with Gasteiger partial charge in [-0.3, -0.25) is 4.79 Å². The van der Waals surface area contributed by atoms with E-state index < -0.39 is 0 Å². The van der Waals surface area contributed by atoms with Crippen molar-refractivity contribution in [3.05, 3.63) is 16.1 Å². The van der Waals surface area contributed by atoms with Crippen molar-refractivity contribution in [2.45, 2.75) is 45.6 Å². The van der Waals surface area contributed by atoms with Gasteiger partial charge in [0.1, 0.15) is 4.88 Å². The first-order valence-electron chi connectivity index (χ1n) is 7.11. The second-order valence-electron chi connectivity index (χ2n) is 5.36. The van der Waals surface area contributed by atoms with Gasteiger partial charge < -0.3 is 10.6 Å². The Morgan fingerprint density at radius 3 is 2.62 bits per heavy atom. The van der Waals surface area contributed by atoms with Gasteiger partial charge >= 0.3 is 0 Å². The van der Waals surface area contributed by atoms with Crippen LogP contribution in [0.4, 0.5) is 0 Å². The predicted octanol–water partition coefficient (Wildman–Crippen LogP) is 3.14. The summed E-state index contributed by atoms with van der Waals surface area (Å²) in [6, 6.07) is 0.233. The molecule has 1 unspecified atom stereocenters. The molecule has 1 atom stereocenters. The van der Waals surface area contributed by atoms with Gasteiger partial charge in [0, 0.05) is 19.1 Å². The fourth-order valence-corrected chi connectivity index (χ4v) is 3.51. The number of likely N-dealkylation sites (tertiary alicyclic amines) is 1. The highest BCUT2D eigenvalue weighted by molar-refractivity contribution is 7.13. The average molecular weight is 354 g/mol. The van der Waals surface area contributed by atoms with E-state index >= 15 is 0 Å². The standard InChI is InChI=1S/C14H23N3OS.2ClH/c1-3-4-13-16-9-12(19-13)14(18)17-7-5-11(6-8-17)10(2)15;;/h9-11H,3-8,15H2,1-2H3;2*1H. The number of nitrogens with zero attached hydrogens (tertiary/aromatic N) is 2. The largest absolute Gasteiger partial charge is 0.338 e. The smallest absolute Gasteiger partial charge is 0.265 e. The molecule has 0 spiro atoms. The molecule has 0 radical (unpaired) electrons. The molecule has 1 fully saturated rings. The Hall–Kier alpha value is -0.360. The molecule has 2 rings (SSSR count). The second kappa shape index (κ2) is 9.62. The van der Waals surface area contributed by atoms with Crippen molar-refractivity contribution >= 4 is 42.1 Å². The Bertz CT molecular complexity index is 432. The number of thiazole rings is 1. The summed E-state index contributed by atoms with van der Waals surface area (Å²) in [6.07, 6.45) is 5.80. The maximum atomic E-state index is 12.4. The Labute approximate surface area is 143 Å². The van der Waals surface area contributed by atoms with E-state index in [2.05, 4.69) is 18.8 Å². The van der Waals surface area contributed by atoms with Gasteiger partial charge in [0.2, 0.25) is 0 Å². The lowest BCUT2D eigenvalue weighted by Gasteiger charge is -2.33. The van der Waals surface area contributed by atoms with Crippen LogP contribution in [-0.4, -0.2) is 34.9 Å². The summed E-state index contributed by atoms with van der Waals surface area (Å²) in [5.41, 5.74) is 5.93. The van der Waals surface area contributed by atoms with Crippen LogP contribution in [0.25, 0.3) is 0 Å². The third-order valence-corrected chi connectivity index (χ3v) is 4.84. The SMILES string of the molecule is CCCc1ncc(C(=O)N2CCC(C(C)N)CC2)s1.Cl.Cl. The molecule has 2 heterocycles. The molecule has 1 amide bonds. The lowest BCUT2D eigenvalue weighted by molar-refractivity contribution is 0.0685. The van der Waals surface area contributed by atoms with Crippen molar-refractivity contribution < 1.29 is 4.79 Å². The van der Waals surface area contributed by atoms with Crippen LogP contribution in [0.5, 0.6) is 0 Å². The molecular formula is C14H25Cl2N3OS. The summed E-state index contributed by atoms with van der Waals surface area (Å²) < 4.78 is 0. The zero-order chi connectivity index (χ0) is 13.8. The number of hydrogen-bond acceptors (Lipinski definition) is 4. The first kappa shape index (κ1) is 20.6. The van der Waals surface area contributed by atoms with Crippen molar-refractivity contribution in [3.63, 3.8) is 0 Å². The minimum absolute atomic E-state index is 0. The molecule has 21 heavy (non-hydrogen) atoms. The lowest BCUT2D eigenvalue weighted by Crippen LogP contribution is -2.42. The molecule has 0 aliphatic carbocycles. The van der Waals surface area contributed by atoms with E-state index in [1.165, 1.54) is 11.3 Å². The van der Waals surface area contributed by atoms with Gasteiger partial charge in [-0.05, 0) is 38.5 Å². The molecule has 122 valence electrons. The number of piperidine rings is 1. The highest BCUT2D eigenvalue weighted by Gasteiger charge is 2.26. The number of amides is 1. The third-order valence-electron chi connectivity index (χ3n) is 3.80. The molecule has 2 N–H and O–H groups in total. The van der Waals surface area contributed by atoms with Gasteiger partial charge in [-0.1, -0.05) is 6.92 Å². The van der Waals surface area contributed by atoms with Crippen molar-refractivity contribution in [2.24, 2.45) is 11.7 Å². The van der Waals surface area contributed by atoms with Crippen LogP contribution < -0.4 is 5.73 Å². The fraction of sp³-hybridized carbons (Fsp3) is 0.714. The van der Waals surface area contributed by atoms with Crippen LogP contribution in [0, 0.1) is 5.92 Å². The van der Waals surface area contributed by atoms with E-state index in [0.29, 0.717) is 5.92 Å². The van der Waals surface area contributed by atoms with E-state index in [1.807, 2.05) is 4.90 Å². The van der Waals surface area contributed by atoms with Gasteiger partial charge in [-0.15, -0.1) is 36.2 Å². The monoisotopic (exact) mass is 353 g/mol. The van der Waals surface area contributed by atoms with E-state index in [1.54, 1.807) is 6.20 Å².